The van der Waals surface area contributed by atoms with E-state index in [2.05, 4.69) is 10.5 Å². The zero-order valence-corrected chi connectivity index (χ0v) is 15.4. The van der Waals surface area contributed by atoms with Crippen molar-refractivity contribution in [1.82, 2.24) is 5.16 Å². The fraction of sp³-hybridized carbons (Fsp3) is 0.238. The lowest BCUT2D eigenvalue weighted by molar-refractivity contribution is 0.101. The van der Waals surface area contributed by atoms with Gasteiger partial charge in [-0.1, -0.05) is 35.5 Å². The highest BCUT2D eigenvalue weighted by Gasteiger charge is 2.21. The highest BCUT2D eigenvalue weighted by atomic mass is 16.5. The Balaban J connectivity index is 1.80. The summed E-state index contributed by atoms with van der Waals surface area (Å²) in [5, 5.41) is 6.85. The van der Waals surface area contributed by atoms with Gasteiger partial charge >= 0.3 is 0 Å². The van der Waals surface area contributed by atoms with Crippen molar-refractivity contribution in [3.05, 3.63) is 76.2 Å². The fourth-order valence-electron chi connectivity index (χ4n) is 2.68. The first-order valence-corrected chi connectivity index (χ1v) is 8.48. The lowest BCUT2D eigenvalue weighted by atomic mass is 10.1. The molecule has 26 heavy (non-hydrogen) atoms. The van der Waals surface area contributed by atoms with Crippen LogP contribution in [0.4, 0.5) is 5.69 Å². The van der Waals surface area contributed by atoms with Crippen molar-refractivity contribution < 1.29 is 14.1 Å². The van der Waals surface area contributed by atoms with Crippen LogP contribution in [0.5, 0.6) is 5.75 Å². The summed E-state index contributed by atoms with van der Waals surface area (Å²) in [6, 6.07) is 13.5. The molecular formula is C21H22N2O3. The Kier molecular flexibility index (Phi) is 5.07. The lowest BCUT2D eigenvalue weighted by Gasteiger charge is -2.11. The first kappa shape index (κ1) is 17.7. The van der Waals surface area contributed by atoms with Gasteiger partial charge in [0.05, 0.1) is 5.56 Å². The molecular weight excluding hydrogens is 328 g/mol. The van der Waals surface area contributed by atoms with E-state index < -0.39 is 0 Å². The van der Waals surface area contributed by atoms with Crippen LogP contribution in [0.25, 0.3) is 0 Å². The number of nitrogens with one attached hydrogen (secondary N) is 1. The second-order valence-corrected chi connectivity index (χ2v) is 6.32. The summed E-state index contributed by atoms with van der Waals surface area (Å²) in [5.74, 6) is 1.04. The molecule has 1 aromatic heterocycles. The molecule has 0 atom stereocenters. The van der Waals surface area contributed by atoms with Gasteiger partial charge in [0.1, 0.15) is 18.1 Å². The van der Waals surface area contributed by atoms with E-state index in [0.717, 1.165) is 28.1 Å². The van der Waals surface area contributed by atoms with E-state index in [1.165, 1.54) is 0 Å². The molecule has 0 aliphatic carbocycles. The Bertz CT molecular complexity index is 944. The van der Waals surface area contributed by atoms with E-state index >= 15 is 0 Å². The molecule has 0 saturated heterocycles. The van der Waals surface area contributed by atoms with Gasteiger partial charge in [0.25, 0.3) is 5.91 Å². The molecule has 0 aliphatic rings. The summed E-state index contributed by atoms with van der Waals surface area (Å²) in [5.41, 5.74) is 4.83. The zero-order chi connectivity index (χ0) is 18.7. The average molecular weight is 350 g/mol. The topological polar surface area (TPSA) is 64.4 Å². The highest BCUT2D eigenvalue weighted by molar-refractivity contribution is 6.04. The molecule has 0 unspecified atom stereocenters. The van der Waals surface area contributed by atoms with Crippen molar-refractivity contribution in [2.24, 2.45) is 0 Å². The summed E-state index contributed by atoms with van der Waals surface area (Å²) in [4.78, 5) is 12.7. The summed E-state index contributed by atoms with van der Waals surface area (Å²) in [6.07, 6.45) is 0. The second-order valence-electron chi connectivity index (χ2n) is 6.32. The molecule has 3 aromatic rings. The number of aryl methyl sites for hydroxylation is 3. The van der Waals surface area contributed by atoms with Crippen LogP contribution in [0.3, 0.4) is 0 Å². The zero-order valence-electron chi connectivity index (χ0n) is 15.4. The van der Waals surface area contributed by atoms with Crippen LogP contribution in [0.2, 0.25) is 0 Å². The predicted octanol–water partition coefficient (Wildman–Crippen LogP) is 4.74. The lowest BCUT2D eigenvalue weighted by Crippen LogP contribution is -2.16. The van der Waals surface area contributed by atoms with E-state index in [1.54, 1.807) is 6.92 Å². The Hall–Kier alpha value is -3.08. The third-order valence-corrected chi connectivity index (χ3v) is 4.52. The number of aromatic nitrogens is 1. The van der Waals surface area contributed by atoms with Crippen LogP contribution < -0.4 is 10.1 Å². The van der Waals surface area contributed by atoms with Gasteiger partial charge in [0.15, 0.2) is 5.69 Å². The Labute approximate surface area is 153 Å². The Morgan fingerprint density at radius 2 is 1.77 bits per heavy atom. The number of benzene rings is 2. The molecule has 5 nitrogen and oxygen atoms in total. The quantitative estimate of drug-likeness (QED) is 0.722. The van der Waals surface area contributed by atoms with Crippen LogP contribution >= 0.6 is 0 Å². The van der Waals surface area contributed by atoms with Gasteiger partial charge in [-0.05, 0) is 56.5 Å². The van der Waals surface area contributed by atoms with Crippen LogP contribution in [0.1, 0.15) is 38.5 Å². The van der Waals surface area contributed by atoms with Crippen molar-refractivity contribution in [3.8, 4) is 5.75 Å². The summed E-state index contributed by atoms with van der Waals surface area (Å²) >= 11 is 0. The second kappa shape index (κ2) is 7.44. The molecule has 1 heterocycles. The van der Waals surface area contributed by atoms with Crippen LogP contribution in [0, 0.1) is 27.7 Å². The molecule has 0 spiro atoms. The monoisotopic (exact) mass is 350 g/mol. The molecule has 2 aromatic carbocycles. The Morgan fingerprint density at radius 3 is 2.54 bits per heavy atom. The molecule has 134 valence electrons. The van der Waals surface area contributed by atoms with Gasteiger partial charge in [-0.15, -0.1) is 0 Å². The number of amides is 1. The first-order valence-electron chi connectivity index (χ1n) is 8.48. The minimum atomic E-state index is -0.307. The van der Waals surface area contributed by atoms with Gasteiger partial charge in [-0.25, -0.2) is 0 Å². The van der Waals surface area contributed by atoms with E-state index in [4.69, 9.17) is 9.26 Å². The number of hydrogen-bond acceptors (Lipinski definition) is 4. The van der Waals surface area contributed by atoms with Crippen molar-refractivity contribution in [2.45, 2.75) is 34.3 Å². The number of anilines is 1. The van der Waals surface area contributed by atoms with E-state index in [-0.39, 0.29) is 18.2 Å². The van der Waals surface area contributed by atoms with Gasteiger partial charge in [-0.3, -0.25) is 4.79 Å². The first-order chi connectivity index (χ1) is 12.5. The Morgan fingerprint density at radius 1 is 1.04 bits per heavy atom. The fourth-order valence-corrected chi connectivity index (χ4v) is 2.68. The normalized spacial score (nSPS) is 10.6. The minimum absolute atomic E-state index is 0.218. The summed E-state index contributed by atoms with van der Waals surface area (Å²) in [6.45, 7) is 7.95. The predicted molar refractivity (Wildman–Crippen MR) is 101 cm³/mol. The molecule has 0 bridgehead atoms. The molecule has 1 N–H and O–H groups in total. The van der Waals surface area contributed by atoms with Gasteiger partial charge < -0.3 is 14.6 Å². The number of rotatable bonds is 5. The molecule has 5 heteroatoms. The standard InChI is InChI=1S/C21H22N2O3/c1-13-9-7-10-18(15(13)3)22-21(24)20-17(16(4)26-23-20)12-25-19-11-6-5-8-14(19)2/h5-11H,12H2,1-4H3,(H,22,24). The number of ether oxygens (including phenoxy) is 1. The third-order valence-electron chi connectivity index (χ3n) is 4.52. The molecule has 1 amide bonds. The summed E-state index contributed by atoms with van der Waals surface area (Å²) < 4.78 is 11.1. The smallest absolute Gasteiger partial charge is 0.278 e. The SMILES string of the molecule is Cc1ccccc1OCc1c(C(=O)Nc2cccc(C)c2C)noc1C. The van der Waals surface area contributed by atoms with Gasteiger partial charge in [0, 0.05) is 5.69 Å². The maximum absolute atomic E-state index is 12.7. The van der Waals surface area contributed by atoms with Crippen molar-refractivity contribution in [2.75, 3.05) is 5.32 Å². The van der Waals surface area contributed by atoms with Gasteiger partial charge in [0.2, 0.25) is 0 Å². The number of carbonyl (C=O) groups is 1. The van der Waals surface area contributed by atoms with E-state index in [9.17, 15) is 4.79 Å². The number of para-hydroxylation sites is 1. The maximum atomic E-state index is 12.7. The summed E-state index contributed by atoms with van der Waals surface area (Å²) in [7, 11) is 0. The van der Waals surface area contributed by atoms with E-state index in [0.29, 0.717) is 11.3 Å². The minimum Gasteiger partial charge on any atom is -0.488 e. The van der Waals surface area contributed by atoms with Crippen LogP contribution in [-0.4, -0.2) is 11.1 Å². The molecule has 0 fully saturated rings. The van der Waals surface area contributed by atoms with Crippen molar-refractivity contribution in [1.29, 1.82) is 0 Å². The maximum Gasteiger partial charge on any atom is 0.278 e. The van der Waals surface area contributed by atoms with Crippen molar-refractivity contribution in [3.63, 3.8) is 0 Å². The highest BCUT2D eigenvalue weighted by Crippen LogP contribution is 2.23. The van der Waals surface area contributed by atoms with Crippen LogP contribution in [0.15, 0.2) is 47.0 Å². The molecule has 3 rings (SSSR count). The average Bonchev–Trinajstić information content (AvgIpc) is 2.99. The van der Waals surface area contributed by atoms with Crippen LogP contribution in [-0.2, 0) is 6.61 Å². The van der Waals surface area contributed by atoms with Gasteiger partial charge in [-0.2, -0.15) is 0 Å². The third kappa shape index (κ3) is 3.61. The molecule has 0 aliphatic heterocycles. The number of hydrogen-bond donors (Lipinski definition) is 1. The molecule has 0 radical (unpaired) electrons. The number of carbonyl (C=O) groups excluding carboxylic acids is 1. The molecule has 0 saturated carbocycles. The van der Waals surface area contributed by atoms with Crippen molar-refractivity contribution >= 4 is 11.6 Å². The van der Waals surface area contributed by atoms with E-state index in [1.807, 2.05) is 63.2 Å². The largest absolute Gasteiger partial charge is 0.488 e. The number of nitrogens with zero attached hydrogens (tertiary/aromatic N) is 1.